The lowest BCUT2D eigenvalue weighted by Crippen LogP contribution is -2.37. The molecule has 0 spiro atoms. The van der Waals surface area contributed by atoms with Crippen molar-refractivity contribution in [2.24, 2.45) is 0 Å². The smallest absolute Gasteiger partial charge is 0.387 e. The van der Waals surface area contributed by atoms with E-state index in [9.17, 15) is 23.1 Å². The normalized spacial score (nSPS) is 12.7. The molecule has 2 rings (SSSR count). The highest BCUT2D eigenvalue weighted by Gasteiger charge is 2.30. The summed E-state index contributed by atoms with van der Waals surface area (Å²) in [7, 11) is 0. The molecule has 2 amide bonds. The Bertz CT molecular complexity index is 703. The molecule has 0 aliphatic carbocycles. The summed E-state index contributed by atoms with van der Waals surface area (Å²) in [5.74, 6) is 0.633. The molecule has 0 fully saturated rings. The molecule has 1 aromatic heterocycles. The van der Waals surface area contributed by atoms with Gasteiger partial charge in [-0.3, -0.25) is 0 Å². The number of urea groups is 1. The van der Waals surface area contributed by atoms with Gasteiger partial charge in [-0.05, 0) is 24.6 Å². The molecule has 3 N–H and O–H groups in total. The zero-order valence-corrected chi connectivity index (χ0v) is 12.6. The molecule has 7 nitrogen and oxygen atoms in total. The average Bonchev–Trinajstić information content (AvgIpc) is 2.95. The summed E-state index contributed by atoms with van der Waals surface area (Å²) >= 11 is 0. The minimum atomic E-state index is -4.50. The van der Waals surface area contributed by atoms with Crippen molar-refractivity contribution in [1.82, 2.24) is 20.8 Å². The van der Waals surface area contributed by atoms with Gasteiger partial charge in [0.2, 0.25) is 5.89 Å². The molecule has 0 bridgehead atoms. The van der Waals surface area contributed by atoms with Gasteiger partial charge in [-0.2, -0.15) is 18.2 Å². The van der Waals surface area contributed by atoms with Crippen LogP contribution in [0.5, 0.6) is 0 Å². The van der Waals surface area contributed by atoms with Crippen molar-refractivity contribution in [3.8, 4) is 0 Å². The fourth-order valence-electron chi connectivity index (χ4n) is 1.86. The van der Waals surface area contributed by atoms with Crippen LogP contribution in [0.3, 0.4) is 0 Å². The van der Waals surface area contributed by atoms with Crippen molar-refractivity contribution >= 4 is 6.03 Å². The molecule has 0 aliphatic heterocycles. The third kappa shape index (κ3) is 4.95. The van der Waals surface area contributed by atoms with E-state index >= 15 is 0 Å². The predicted molar refractivity (Wildman–Crippen MR) is 75.7 cm³/mol. The first-order valence-corrected chi connectivity index (χ1v) is 6.92. The summed E-state index contributed by atoms with van der Waals surface area (Å²) in [6.07, 6.45) is -5.77. The van der Waals surface area contributed by atoms with Gasteiger partial charge in [-0.25, -0.2) is 4.79 Å². The number of hydrogen-bond donors (Lipinski definition) is 3. The van der Waals surface area contributed by atoms with Crippen LogP contribution >= 0.6 is 0 Å². The Hall–Kier alpha value is -2.62. The molecule has 0 saturated heterocycles. The van der Waals surface area contributed by atoms with Crippen molar-refractivity contribution in [3.05, 3.63) is 47.1 Å². The van der Waals surface area contributed by atoms with E-state index in [1.54, 1.807) is 6.92 Å². The first kappa shape index (κ1) is 17.7. The Labute approximate surface area is 134 Å². The van der Waals surface area contributed by atoms with E-state index in [2.05, 4.69) is 20.8 Å². The SMILES string of the molecule is Cc1noc(CNC(=O)NCC(O)c2cccc(C(F)(F)F)c2)n1. The molecule has 0 aliphatic rings. The van der Waals surface area contributed by atoms with Crippen molar-refractivity contribution < 1.29 is 27.6 Å². The average molecular weight is 344 g/mol. The zero-order valence-electron chi connectivity index (χ0n) is 12.6. The second-order valence-corrected chi connectivity index (χ2v) is 4.94. The minimum Gasteiger partial charge on any atom is -0.387 e. The number of halogens is 3. The molecule has 1 atom stereocenters. The number of nitrogens with one attached hydrogen (secondary N) is 2. The fraction of sp³-hybridized carbons (Fsp3) is 0.357. The Morgan fingerprint density at radius 3 is 2.75 bits per heavy atom. The topological polar surface area (TPSA) is 100 Å². The Morgan fingerprint density at radius 1 is 1.38 bits per heavy atom. The van der Waals surface area contributed by atoms with Gasteiger partial charge in [0, 0.05) is 6.54 Å². The molecule has 1 unspecified atom stereocenters. The first-order valence-electron chi connectivity index (χ1n) is 6.92. The van der Waals surface area contributed by atoms with Crippen LogP contribution in [0.15, 0.2) is 28.8 Å². The lowest BCUT2D eigenvalue weighted by Gasteiger charge is -2.14. The quantitative estimate of drug-likeness (QED) is 0.769. The largest absolute Gasteiger partial charge is 0.416 e. The molecule has 0 radical (unpaired) electrons. The molecular weight excluding hydrogens is 329 g/mol. The van der Waals surface area contributed by atoms with Crippen LogP contribution < -0.4 is 10.6 Å². The van der Waals surface area contributed by atoms with Gasteiger partial charge in [0.25, 0.3) is 0 Å². The van der Waals surface area contributed by atoms with Crippen molar-refractivity contribution in [3.63, 3.8) is 0 Å². The Kier molecular flexibility index (Phi) is 5.39. The number of hydrogen-bond acceptors (Lipinski definition) is 5. The number of carbonyl (C=O) groups excluding carboxylic acids is 1. The number of nitrogens with zero attached hydrogens (tertiary/aromatic N) is 2. The zero-order chi connectivity index (χ0) is 17.7. The molecule has 0 saturated carbocycles. The van der Waals surface area contributed by atoms with Crippen LogP contribution in [0, 0.1) is 6.92 Å². The number of aryl methyl sites for hydroxylation is 1. The minimum absolute atomic E-state index is 0.00761. The number of alkyl halides is 3. The van der Waals surface area contributed by atoms with Gasteiger partial charge in [-0.1, -0.05) is 17.3 Å². The van der Waals surface area contributed by atoms with Crippen LogP contribution in [0.1, 0.15) is 28.9 Å². The number of amides is 2. The van der Waals surface area contributed by atoms with E-state index < -0.39 is 23.9 Å². The lowest BCUT2D eigenvalue weighted by atomic mass is 10.1. The lowest BCUT2D eigenvalue weighted by molar-refractivity contribution is -0.137. The van der Waals surface area contributed by atoms with Gasteiger partial charge in [0.05, 0.1) is 18.2 Å². The van der Waals surface area contributed by atoms with Crippen molar-refractivity contribution in [2.75, 3.05) is 6.54 Å². The number of aliphatic hydroxyl groups excluding tert-OH is 1. The summed E-state index contributed by atoms with van der Waals surface area (Å²) in [4.78, 5) is 15.5. The van der Waals surface area contributed by atoms with E-state index in [0.717, 1.165) is 12.1 Å². The van der Waals surface area contributed by atoms with Crippen LogP contribution in [0.2, 0.25) is 0 Å². The van der Waals surface area contributed by atoms with E-state index in [0.29, 0.717) is 5.82 Å². The molecule has 2 aromatic rings. The van der Waals surface area contributed by atoms with Crippen molar-refractivity contribution in [2.45, 2.75) is 25.7 Å². The molecule has 1 aromatic carbocycles. The fourth-order valence-corrected chi connectivity index (χ4v) is 1.86. The number of carbonyl (C=O) groups is 1. The summed E-state index contributed by atoms with van der Waals surface area (Å²) in [5, 5.41) is 18.2. The van der Waals surface area contributed by atoms with Crippen LogP contribution in [0.25, 0.3) is 0 Å². The van der Waals surface area contributed by atoms with E-state index in [1.807, 2.05) is 0 Å². The van der Waals surface area contributed by atoms with Gasteiger partial charge < -0.3 is 20.3 Å². The second kappa shape index (κ2) is 7.30. The number of aliphatic hydroxyl groups is 1. The standard InChI is InChI=1S/C14H15F3N4O3/c1-8-20-12(24-21-8)7-19-13(23)18-6-11(22)9-3-2-4-10(5-9)14(15,16)17/h2-5,11,22H,6-7H2,1H3,(H2,18,19,23). The highest BCUT2D eigenvalue weighted by Crippen LogP contribution is 2.30. The molecule has 24 heavy (non-hydrogen) atoms. The molecule has 1 heterocycles. The summed E-state index contributed by atoms with van der Waals surface area (Å²) in [6.45, 7) is 1.36. The Balaban J connectivity index is 1.84. The Morgan fingerprint density at radius 2 is 2.12 bits per heavy atom. The maximum Gasteiger partial charge on any atom is 0.416 e. The maximum absolute atomic E-state index is 12.6. The van der Waals surface area contributed by atoms with Gasteiger partial charge in [0.15, 0.2) is 5.82 Å². The van der Waals surface area contributed by atoms with Crippen molar-refractivity contribution in [1.29, 1.82) is 0 Å². The molecule has 10 heteroatoms. The highest BCUT2D eigenvalue weighted by atomic mass is 19.4. The third-order valence-electron chi connectivity index (χ3n) is 3.02. The molecular formula is C14H15F3N4O3. The molecule has 130 valence electrons. The third-order valence-corrected chi connectivity index (χ3v) is 3.02. The van der Waals surface area contributed by atoms with E-state index in [-0.39, 0.29) is 24.5 Å². The predicted octanol–water partition coefficient (Wildman–Crippen LogP) is 1.93. The van der Waals surface area contributed by atoms with E-state index in [1.165, 1.54) is 12.1 Å². The van der Waals surface area contributed by atoms with Crippen LogP contribution in [-0.2, 0) is 12.7 Å². The highest BCUT2D eigenvalue weighted by molar-refractivity contribution is 5.73. The van der Waals surface area contributed by atoms with E-state index in [4.69, 9.17) is 4.52 Å². The van der Waals surface area contributed by atoms with Gasteiger partial charge >= 0.3 is 12.2 Å². The number of benzene rings is 1. The van der Waals surface area contributed by atoms with Crippen LogP contribution in [-0.4, -0.2) is 27.8 Å². The monoisotopic (exact) mass is 344 g/mol. The number of aromatic nitrogens is 2. The summed E-state index contributed by atoms with van der Waals surface area (Å²) < 4.78 is 42.7. The number of rotatable bonds is 5. The van der Waals surface area contributed by atoms with Gasteiger partial charge in [-0.15, -0.1) is 0 Å². The maximum atomic E-state index is 12.6. The van der Waals surface area contributed by atoms with Gasteiger partial charge in [0.1, 0.15) is 0 Å². The van der Waals surface area contributed by atoms with Crippen LogP contribution in [0.4, 0.5) is 18.0 Å². The summed E-state index contributed by atoms with van der Waals surface area (Å²) in [5.41, 5.74) is -0.812. The summed E-state index contributed by atoms with van der Waals surface area (Å²) in [6, 6.07) is 3.66. The first-order chi connectivity index (χ1) is 11.3. The second-order valence-electron chi connectivity index (χ2n) is 4.94.